The summed E-state index contributed by atoms with van der Waals surface area (Å²) in [4.78, 5) is 23.1. The molecule has 1 amide bonds. The van der Waals surface area contributed by atoms with Gasteiger partial charge in [0.1, 0.15) is 0 Å². The Labute approximate surface area is 131 Å². The van der Waals surface area contributed by atoms with Crippen LogP contribution in [0.4, 0.5) is 5.69 Å². The molecule has 0 spiro atoms. The Bertz CT molecular complexity index is 653. The number of hydrogen-bond acceptors (Lipinski definition) is 4. The fraction of sp³-hybridized carbons (Fsp3) is 0.0667. The van der Waals surface area contributed by atoms with Gasteiger partial charge in [0.25, 0.3) is 5.91 Å². The number of ether oxygens (including phenoxy) is 1. The standard InChI is InChI=1S/C15H12ClNO3S/c16-12-3-1-2-4-13(12)17-14(18)9-20-15(19)6-5-11-7-8-21-10-11/h1-8,10H,9H2,(H,17,18)/b6-5+. The fourth-order valence-corrected chi connectivity index (χ4v) is 2.28. The summed E-state index contributed by atoms with van der Waals surface area (Å²) in [6, 6.07) is 8.70. The number of anilines is 1. The van der Waals surface area contributed by atoms with E-state index in [-0.39, 0.29) is 6.61 Å². The smallest absolute Gasteiger partial charge is 0.331 e. The molecular formula is C15H12ClNO3S. The number of benzene rings is 1. The van der Waals surface area contributed by atoms with Crippen molar-refractivity contribution in [2.45, 2.75) is 0 Å². The molecule has 108 valence electrons. The van der Waals surface area contributed by atoms with Gasteiger partial charge in [-0.2, -0.15) is 11.3 Å². The first kappa shape index (κ1) is 15.3. The predicted molar refractivity (Wildman–Crippen MR) is 84.4 cm³/mol. The maximum atomic E-state index is 11.6. The molecule has 0 aliphatic rings. The van der Waals surface area contributed by atoms with E-state index in [9.17, 15) is 9.59 Å². The first-order chi connectivity index (χ1) is 10.1. The zero-order valence-corrected chi connectivity index (χ0v) is 12.5. The number of carbonyl (C=O) groups excluding carboxylic acids is 2. The lowest BCUT2D eigenvalue weighted by atomic mass is 10.3. The van der Waals surface area contributed by atoms with Crippen LogP contribution in [-0.4, -0.2) is 18.5 Å². The highest BCUT2D eigenvalue weighted by molar-refractivity contribution is 7.08. The van der Waals surface area contributed by atoms with Crippen LogP contribution in [0.5, 0.6) is 0 Å². The molecule has 0 bridgehead atoms. The first-order valence-corrected chi connectivity index (χ1v) is 7.38. The summed E-state index contributed by atoms with van der Waals surface area (Å²) < 4.78 is 4.84. The number of para-hydroxylation sites is 1. The van der Waals surface area contributed by atoms with Crippen molar-refractivity contribution in [3.05, 3.63) is 57.8 Å². The van der Waals surface area contributed by atoms with E-state index >= 15 is 0 Å². The van der Waals surface area contributed by atoms with Gasteiger partial charge in [0.15, 0.2) is 6.61 Å². The van der Waals surface area contributed by atoms with Crippen molar-refractivity contribution in [2.75, 3.05) is 11.9 Å². The minimum Gasteiger partial charge on any atom is -0.452 e. The molecule has 1 N–H and O–H groups in total. The summed E-state index contributed by atoms with van der Waals surface area (Å²) in [6.45, 7) is -0.363. The molecule has 0 unspecified atom stereocenters. The summed E-state index contributed by atoms with van der Waals surface area (Å²) in [5.74, 6) is -1.02. The van der Waals surface area contributed by atoms with Crippen molar-refractivity contribution in [1.82, 2.24) is 0 Å². The van der Waals surface area contributed by atoms with Gasteiger partial charge in [-0.1, -0.05) is 23.7 Å². The molecular weight excluding hydrogens is 310 g/mol. The van der Waals surface area contributed by atoms with Crippen LogP contribution in [0.3, 0.4) is 0 Å². The van der Waals surface area contributed by atoms with Crippen LogP contribution in [0.2, 0.25) is 5.02 Å². The number of nitrogens with one attached hydrogen (secondary N) is 1. The van der Waals surface area contributed by atoms with Crippen LogP contribution in [0.25, 0.3) is 6.08 Å². The SMILES string of the molecule is O=C(COC(=O)/C=C/c1ccsc1)Nc1ccccc1Cl. The molecule has 1 heterocycles. The van der Waals surface area contributed by atoms with Crippen LogP contribution in [0.1, 0.15) is 5.56 Å². The van der Waals surface area contributed by atoms with Gasteiger partial charge in [0, 0.05) is 6.08 Å². The van der Waals surface area contributed by atoms with Crippen molar-refractivity contribution in [3.8, 4) is 0 Å². The normalized spacial score (nSPS) is 10.5. The lowest BCUT2D eigenvalue weighted by molar-refractivity contribution is -0.142. The minimum absolute atomic E-state index is 0.363. The molecule has 0 fully saturated rings. The number of hydrogen-bond donors (Lipinski definition) is 1. The van der Waals surface area contributed by atoms with E-state index in [1.165, 1.54) is 17.4 Å². The van der Waals surface area contributed by atoms with Crippen molar-refractivity contribution in [3.63, 3.8) is 0 Å². The number of amides is 1. The molecule has 0 saturated carbocycles. The Kier molecular flexibility index (Phi) is 5.54. The Balaban J connectivity index is 1.79. The minimum atomic E-state index is -0.574. The maximum Gasteiger partial charge on any atom is 0.331 e. The van der Waals surface area contributed by atoms with Gasteiger partial charge in [-0.25, -0.2) is 4.79 Å². The third-order valence-electron chi connectivity index (χ3n) is 2.45. The van der Waals surface area contributed by atoms with E-state index in [2.05, 4.69) is 5.32 Å². The van der Waals surface area contributed by atoms with Crippen molar-refractivity contribution < 1.29 is 14.3 Å². The summed E-state index contributed by atoms with van der Waals surface area (Å²) in [5, 5.41) is 6.79. The third-order valence-corrected chi connectivity index (χ3v) is 3.48. The van der Waals surface area contributed by atoms with Crippen molar-refractivity contribution in [2.24, 2.45) is 0 Å². The Morgan fingerprint density at radius 3 is 2.81 bits per heavy atom. The van der Waals surface area contributed by atoms with Gasteiger partial charge in [0.05, 0.1) is 10.7 Å². The second-order valence-electron chi connectivity index (χ2n) is 4.03. The highest BCUT2D eigenvalue weighted by Crippen LogP contribution is 2.20. The van der Waals surface area contributed by atoms with Crippen LogP contribution in [-0.2, 0) is 14.3 Å². The molecule has 21 heavy (non-hydrogen) atoms. The maximum absolute atomic E-state index is 11.6. The molecule has 0 aliphatic heterocycles. The number of carbonyl (C=O) groups is 2. The summed E-state index contributed by atoms with van der Waals surface area (Å²) >= 11 is 7.44. The van der Waals surface area contributed by atoms with Crippen LogP contribution in [0.15, 0.2) is 47.2 Å². The summed E-state index contributed by atoms with van der Waals surface area (Å²) in [6.07, 6.45) is 2.91. The number of thiophene rings is 1. The molecule has 6 heteroatoms. The van der Waals surface area contributed by atoms with Gasteiger partial charge >= 0.3 is 5.97 Å². The highest BCUT2D eigenvalue weighted by Gasteiger charge is 2.07. The first-order valence-electron chi connectivity index (χ1n) is 6.06. The molecule has 2 rings (SSSR count). The largest absolute Gasteiger partial charge is 0.452 e. The molecule has 1 aromatic carbocycles. The second-order valence-corrected chi connectivity index (χ2v) is 5.21. The van der Waals surface area contributed by atoms with Crippen molar-refractivity contribution in [1.29, 1.82) is 0 Å². The molecule has 1 aromatic heterocycles. The van der Waals surface area contributed by atoms with E-state index in [0.29, 0.717) is 10.7 Å². The topological polar surface area (TPSA) is 55.4 Å². The molecule has 0 atom stereocenters. The number of halogens is 1. The van der Waals surface area contributed by atoms with Crippen LogP contribution in [0, 0.1) is 0 Å². The van der Waals surface area contributed by atoms with Gasteiger partial charge in [0.2, 0.25) is 0 Å². The average Bonchev–Trinajstić information content (AvgIpc) is 2.99. The Hall–Kier alpha value is -2.11. The molecule has 4 nitrogen and oxygen atoms in total. The van der Waals surface area contributed by atoms with Gasteiger partial charge in [-0.3, -0.25) is 4.79 Å². The van der Waals surface area contributed by atoms with E-state index in [1.807, 2.05) is 16.8 Å². The molecule has 0 radical (unpaired) electrons. The summed E-state index contributed by atoms with van der Waals surface area (Å²) in [5.41, 5.74) is 1.39. The van der Waals surface area contributed by atoms with Crippen LogP contribution >= 0.6 is 22.9 Å². The monoisotopic (exact) mass is 321 g/mol. The van der Waals surface area contributed by atoms with Gasteiger partial charge in [-0.05, 0) is 40.6 Å². The predicted octanol–water partition coefficient (Wildman–Crippen LogP) is 3.60. The second kappa shape index (κ2) is 7.61. The third kappa shape index (κ3) is 5.06. The molecule has 0 saturated heterocycles. The number of esters is 1. The van der Waals surface area contributed by atoms with E-state index < -0.39 is 11.9 Å². The number of rotatable bonds is 5. The van der Waals surface area contributed by atoms with Gasteiger partial charge in [-0.15, -0.1) is 0 Å². The van der Waals surface area contributed by atoms with Crippen molar-refractivity contribution >= 4 is 46.6 Å². The van der Waals surface area contributed by atoms with E-state index in [1.54, 1.807) is 30.3 Å². The highest BCUT2D eigenvalue weighted by atomic mass is 35.5. The lowest BCUT2D eigenvalue weighted by Gasteiger charge is -2.06. The van der Waals surface area contributed by atoms with E-state index in [4.69, 9.17) is 16.3 Å². The van der Waals surface area contributed by atoms with E-state index in [0.717, 1.165) is 5.56 Å². The van der Waals surface area contributed by atoms with Gasteiger partial charge < -0.3 is 10.1 Å². The fourth-order valence-electron chi connectivity index (χ4n) is 1.47. The quantitative estimate of drug-likeness (QED) is 0.676. The molecule has 2 aromatic rings. The Morgan fingerprint density at radius 2 is 2.10 bits per heavy atom. The zero-order valence-electron chi connectivity index (χ0n) is 10.9. The summed E-state index contributed by atoms with van der Waals surface area (Å²) in [7, 11) is 0. The lowest BCUT2D eigenvalue weighted by Crippen LogP contribution is -2.20. The Morgan fingerprint density at radius 1 is 1.29 bits per heavy atom. The average molecular weight is 322 g/mol. The zero-order chi connectivity index (χ0) is 15.1. The molecule has 0 aliphatic carbocycles. The van der Waals surface area contributed by atoms with Crippen LogP contribution < -0.4 is 5.32 Å².